The lowest BCUT2D eigenvalue weighted by Gasteiger charge is -2.40. The van der Waals surface area contributed by atoms with Crippen molar-refractivity contribution < 1.29 is 19.1 Å². The molecule has 0 spiro atoms. The van der Waals surface area contributed by atoms with Crippen LogP contribution in [0.4, 0.5) is 0 Å². The molecule has 0 bridgehead atoms. The third kappa shape index (κ3) is 2.05. The molecule has 2 N–H and O–H groups in total. The third-order valence-electron chi connectivity index (χ3n) is 2.12. The summed E-state index contributed by atoms with van der Waals surface area (Å²) in [5.74, 6) is 0. The van der Waals surface area contributed by atoms with Gasteiger partial charge in [-0.25, -0.2) is 0 Å². The molecule has 4 nitrogen and oxygen atoms in total. The van der Waals surface area contributed by atoms with Crippen molar-refractivity contribution in [2.75, 3.05) is 26.4 Å². The van der Waals surface area contributed by atoms with Crippen molar-refractivity contribution in [3.63, 3.8) is 0 Å². The molecule has 72 valence electrons. The molecule has 1 rings (SSSR count). The summed E-state index contributed by atoms with van der Waals surface area (Å²) in [6.45, 7) is 4.53. The molecule has 0 aromatic carbocycles. The molecule has 0 amide bonds. The van der Waals surface area contributed by atoms with E-state index in [-0.39, 0.29) is 13.2 Å². The maximum atomic E-state index is 9.01. The van der Waals surface area contributed by atoms with Crippen molar-refractivity contribution in [2.24, 2.45) is 5.41 Å². The fraction of sp³-hybridized carbons (Fsp3) is 1.00. The SMILES string of the molecule is C[Si]1(C)OCC(CO)(CO)CO1. The Labute approximate surface area is 73.4 Å². The second-order valence-corrected chi connectivity index (χ2v) is 7.17. The van der Waals surface area contributed by atoms with E-state index in [1.54, 1.807) is 0 Å². The van der Waals surface area contributed by atoms with Gasteiger partial charge in [0.05, 0.1) is 18.6 Å². The van der Waals surface area contributed by atoms with Gasteiger partial charge in [0, 0.05) is 13.2 Å². The maximum absolute atomic E-state index is 9.01. The summed E-state index contributed by atoms with van der Waals surface area (Å²) in [7, 11) is -1.93. The van der Waals surface area contributed by atoms with Crippen LogP contribution in [0.25, 0.3) is 0 Å². The van der Waals surface area contributed by atoms with E-state index >= 15 is 0 Å². The first kappa shape index (κ1) is 10.1. The van der Waals surface area contributed by atoms with E-state index in [0.717, 1.165) is 0 Å². The Hall–Kier alpha value is 0.0569. The Kier molecular flexibility index (Phi) is 2.90. The Bertz CT molecular complexity index is 143. The average molecular weight is 192 g/mol. The van der Waals surface area contributed by atoms with Crippen molar-refractivity contribution in [3.05, 3.63) is 0 Å². The van der Waals surface area contributed by atoms with Gasteiger partial charge in [0.25, 0.3) is 0 Å². The van der Waals surface area contributed by atoms with Crippen molar-refractivity contribution in [1.82, 2.24) is 0 Å². The summed E-state index contributed by atoms with van der Waals surface area (Å²) >= 11 is 0. The van der Waals surface area contributed by atoms with Gasteiger partial charge in [-0.2, -0.15) is 0 Å². The highest BCUT2D eigenvalue weighted by atomic mass is 28.4. The van der Waals surface area contributed by atoms with Gasteiger partial charge < -0.3 is 19.1 Å². The second kappa shape index (κ2) is 3.43. The van der Waals surface area contributed by atoms with Crippen LogP contribution in [0.5, 0.6) is 0 Å². The summed E-state index contributed by atoms with van der Waals surface area (Å²) in [6.07, 6.45) is 0. The van der Waals surface area contributed by atoms with Gasteiger partial charge in [-0.15, -0.1) is 0 Å². The Morgan fingerprint density at radius 1 is 1.17 bits per heavy atom. The monoisotopic (exact) mass is 192 g/mol. The molecule has 0 saturated carbocycles. The van der Waals surface area contributed by atoms with Gasteiger partial charge in [0.15, 0.2) is 0 Å². The zero-order chi connectivity index (χ0) is 9.24. The van der Waals surface area contributed by atoms with Gasteiger partial charge in [0.2, 0.25) is 0 Å². The van der Waals surface area contributed by atoms with E-state index in [0.29, 0.717) is 13.2 Å². The fourth-order valence-corrected chi connectivity index (χ4v) is 2.36. The highest BCUT2D eigenvalue weighted by Crippen LogP contribution is 2.26. The molecule has 1 fully saturated rings. The Morgan fingerprint density at radius 3 is 1.92 bits per heavy atom. The summed E-state index contributed by atoms with van der Waals surface area (Å²) in [6, 6.07) is 0. The van der Waals surface area contributed by atoms with Gasteiger partial charge in [0.1, 0.15) is 0 Å². The molecule has 0 atom stereocenters. The fourth-order valence-electron chi connectivity index (χ4n) is 0.970. The molecule has 0 aromatic heterocycles. The minimum absolute atomic E-state index is 0.0893. The van der Waals surface area contributed by atoms with Crippen LogP contribution < -0.4 is 0 Å². The molecular weight excluding hydrogens is 176 g/mol. The summed E-state index contributed by atoms with van der Waals surface area (Å²) < 4.78 is 10.9. The number of hydrogen-bond donors (Lipinski definition) is 2. The van der Waals surface area contributed by atoms with E-state index in [4.69, 9.17) is 19.1 Å². The minimum atomic E-state index is -1.93. The molecule has 1 saturated heterocycles. The van der Waals surface area contributed by atoms with Crippen LogP contribution in [-0.4, -0.2) is 45.2 Å². The zero-order valence-electron chi connectivity index (χ0n) is 7.54. The van der Waals surface area contributed by atoms with E-state index in [1.165, 1.54) is 0 Å². The summed E-state index contributed by atoms with van der Waals surface area (Å²) in [5.41, 5.74) is -0.581. The van der Waals surface area contributed by atoms with E-state index in [2.05, 4.69) is 0 Å². The van der Waals surface area contributed by atoms with Gasteiger partial charge in [-0.05, 0) is 13.1 Å². The minimum Gasteiger partial charge on any atom is -0.396 e. The average Bonchev–Trinajstić information content (AvgIpc) is 2.06. The lowest BCUT2D eigenvalue weighted by molar-refractivity contribution is -0.0672. The molecule has 0 unspecified atom stereocenters. The van der Waals surface area contributed by atoms with E-state index < -0.39 is 14.0 Å². The topological polar surface area (TPSA) is 58.9 Å². The molecular formula is C7H16O4Si. The van der Waals surface area contributed by atoms with Crippen molar-refractivity contribution in [3.8, 4) is 0 Å². The van der Waals surface area contributed by atoms with E-state index in [9.17, 15) is 0 Å². The number of hydrogen-bond acceptors (Lipinski definition) is 4. The Morgan fingerprint density at radius 2 is 1.58 bits per heavy atom. The zero-order valence-corrected chi connectivity index (χ0v) is 8.54. The lowest BCUT2D eigenvalue weighted by Crippen LogP contribution is -2.53. The molecule has 1 aliphatic heterocycles. The summed E-state index contributed by atoms with van der Waals surface area (Å²) in [5, 5.41) is 18.0. The largest absolute Gasteiger partial charge is 0.396 e. The second-order valence-electron chi connectivity index (χ2n) is 3.79. The van der Waals surface area contributed by atoms with Crippen molar-refractivity contribution in [1.29, 1.82) is 0 Å². The highest BCUT2D eigenvalue weighted by Gasteiger charge is 2.41. The van der Waals surface area contributed by atoms with Gasteiger partial charge in [-0.1, -0.05) is 0 Å². The first-order valence-electron chi connectivity index (χ1n) is 4.03. The first-order chi connectivity index (χ1) is 5.54. The number of aliphatic hydroxyl groups excluding tert-OH is 2. The molecule has 1 aliphatic rings. The molecule has 12 heavy (non-hydrogen) atoms. The van der Waals surface area contributed by atoms with Gasteiger partial charge in [-0.3, -0.25) is 0 Å². The molecule has 1 heterocycles. The quantitative estimate of drug-likeness (QED) is 0.590. The maximum Gasteiger partial charge on any atom is 0.331 e. The molecule has 0 radical (unpaired) electrons. The van der Waals surface area contributed by atoms with E-state index in [1.807, 2.05) is 13.1 Å². The number of aliphatic hydroxyl groups is 2. The van der Waals surface area contributed by atoms with Crippen LogP contribution in [0.3, 0.4) is 0 Å². The summed E-state index contributed by atoms with van der Waals surface area (Å²) in [4.78, 5) is 0. The molecule has 0 aliphatic carbocycles. The highest BCUT2D eigenvalue weighted by molar-refractivity contribution is 6.64. The molecule has 0 aromatic rings. The van der Waals surface area contributed by atoms with Gasteiger partial charge >= 0.3 is 8.56 Å². The van der Waals surface area contributed by atoms with Crippen LogP contribution in [0.15, 0.2) is 0 Å². The number of rotatable bonds is 2. The van der Waals surface area contributed by atoms with Crippen molar-refractivity contribution >= 4 is 8.56 Å². The third-order valence-corrected chi connectivity index (χ3v) is 3.80. The first-order valence-corrected chi connectivity index (χ1v) is 6.85. The standard InChI is InChI=1S/C7H16O4Si/c1-12(2)10-5-7(3-8,4-9)6-11-12/h8-9H,3-6H2,1-2H3. The predicted octanol–water partition coefficient (Wildman–Crippen LogP) is -0.294. The molecule has 5 heteroatoms. The Balaban J connectivity index is 2.53. The van der Waals surface area contributed by atoms with Crippen LogP contribution >= 0.6 is 0 Å². The van der Waals surface area contributed by atoms with Crippen LogP contribution in [-0.2, 0) is 8.85 Å². The van der Waals surface area contributed by atoms with Crippen LogP contribution in [0, 0.1) is 5.41 Å². The van der Waals surface area contributed by atoms with Crippen LogP contribution in [0.2, 0.25) is 13.1 Å². The smallest absolute Gasteiger partial charge is 0.331 e. The predicted molar refractivity (Wildman–Crippen MR) is 46.0 cm³/mol. The lowest BCUT2D eigenvalue weighted by atomic mass is 9.93. The van der Waals surface area contributed by atoms with Crippen LogP contribution in [0.1, 0.15) is 0 Å². The normalized spacial score (nSPS) is 27.0. The van der Waals surface area contributed by atoms with Crippen molar-refractivity contribution in [2.45, 2.75) is 13.1 Å².